The lowest BCUT2D eigenvalue weighted by Gasteiger charge is -2.26. The van der Waals surface area contributed by atoms with E-state index in [1.165, 1.54) is 12.0 Å². The second-order valence-corrected chi connectivity index (χ2v) is 6.44. The highest BCUT2D eigenvalue weighted by Crippen LogP contribution is 2.40. The number of hydrogen-bond acceptors (Lipinski definition) is 5. The number of carbonyl (C=O) groups is 2. The SMILES string of the molecule is COc1cccc([C@@H]2C(=C(O)c3ccccc3)C(=O)C(=O)N2C[C@@H](C)O)c1. The summed E-state index contributed by atoms with van der Waals surface area (Å²) in [6.45, 7) is 1.51. The van der Waals surface area contributed by atoms with Crippen LogP contribution in [0.1, 0.15) is 24.1 Å². The Morgan fingerprint density at radius 2 is 1.85 bits per heavy atom. The summed E-state index contributed by atoms with van der Waals surface area (Å²) >= 11 is 0. The molecule has 0 saturated carbocycles. The van der Waals surface area contributed by atoms with Crippen LogP contribution < -0.4 is 4.74 Å². The minimum Gasteiger partial charge on any atom is -0.507 e. The van der Waals surface area contributed by atoms with Crippen LogP contribution in [0.3, 0.4) is 0 Å². The molecule has 6 nitrogen and oxygen atoms in total. The van der Waals surface area contributed by atoms with Gasteiger partial charge in [0, 0.05) is 12.1 Å². The third-order valence-electron chi connectivity index (χ3n) is 4.46. The van der Waals surface area contributed by atoms with Crippen molar-refractivity contribution >= 4 is 17.4 Å². The third-order valence-corrected chi connectivity index (χ3v) is 4.46. The number of hydrogen-bond donors (Lipinski definition) is 2. The van der Waals surface area contributed by atoms with E-state index in [4.69, 9.17) is 4.74 Å². The average molecular weight is 367 g/mol. The number of ketones is 1. The van der Waals surface area contributed by atoms with E-state index in [0.29, 0.717) is 16.9 Å². The molecule has 6 heteroatoms. The van der Waals surface area contributed by atoms with Gasteiger partial charge in [-0.1, -0.05) is 42.5 Å². The molecule has 1 amide bonds. The number of benzene rings is 2. The molecule has 1 aliphatic heterocycles. The van der Waals surface area contributed by atoms with Gasteiger partial charge in [-0.25, -0.2) is 0 Å². The molecule has 0 radical (unpaired) electrons. The Hall–Kier alpha value is -3.12. The number of aliphatic hydroxyl groups excluding tert-OH is 2. The monoisotopic (exact) mass is 367 g/mol. The van der Waals surface area contributed by atoms with Crippen molar-refractivity contribution in [1.29, 1.82) is 0 Å². The summed E-state index contributed by atoms with van der Waals surface area (Å²) in [6.07, 6.45) is -0.826. The van der Waals surface area contributed by atoms with Crippen molar-refractivity contribution in [2.45, 2.75) is 19.1 Å². The molecular formula is C21H21NO5. The lowest BCUT2D eigenvalue weighted by atomic mass is 9.95. The Balaban J connectivity index is 2.19. The number of ether oxygens (including phenoxy) is 1. The Kier molecular flexibility index (Phi) is 5.28. The molecule has 0 aliphatic carbocycles. The number of nitrogens with zero attached hydrogens (tertiary/aromatic N) is 1. The van der Waals surface area contributed by atoms with Gasteiger partial charge in [0.1, 0.15) is 11.5 Å². The molecule has 0 spiro atoms. The van der Waals surface area contributed by atoms with Crippen molar-refractivity contribution in [3.05, 3.63) is 71.3 Å². The van der Waals surface area contributed by atoms with Crippen molar-refractivity contribution in [2.24, 2.45) is 0 Å². The van der Waals surface area contributed by atoms with E-state index < -0.39 is 23.8 Å². The van der Waals surface area contributed by atoms with Crippen molar-refractivity contribution in [3.63, 3.8) is 0 Å². The van der Waals surface area contributed by atoms with Crippen LogP contribution in [-0.4, -0.2) is 46.6 Å². The largest absolute Gasteiger partial charge is 0.507 e. The minimum atomic E-state index is -0.826. The van der Waals surface area contributed by atoms with Gasteiger partial charge >= 0.3 is 0 Å². The van der Waals surface area contributed by atoms with E-state index >= 15 is 0 Å². The first-order valence-corrected chi connectivity index (χ1v) is 8.60. The zero-order chi connectivity index (χ0) is 19.6. The normalized spacial score (nSPS) is 20.0. The number of β-amino-alcohol motifs (C(OH)–C–C–N with tert-alkyl or cyclic N) is 1. The van der Waals surface area contributed by atoms with E-state index in [0.717, 1.165) is 0 Å². The van der Waals surface area contributed by atoms with E-state index in [1.807, 2.05) is 0 Å². The van der Waals surface area contributed by atoms with Crippen LogP contribution in [0.2, 0.25) is 0 Å². The van der Waals surface area contributed by atoms with Crippen molar-refractivity contribution in [1.82, 2.24) is 4.90 Å². The molecule has 0 aromatic heterocycles. The zero-order valence-corrected chi connectivity index (χ0v) is 15.1. The molecule has 1 fully saturated rings. The second-order valence-electron chi connectivity index (χ2n) is 6.44. The molecule has 140 valence electrons. The highest BCUT2D eigenvalue weighted by Gasteiger charge is 2.46. The molecule has 2 aromatic carbocycles. The van der Waals surface area contributed by atoms with Gasteiger partial charge in [-0.2, -0.15) is 0 Å². The highest BCUT2D eigenvalue weighted by molar-refractivity contribution is 6.46. The van der Waals surface area contributed by atoms with Gasteiger partial charge < -0.3 is 19.8 Å². The van der Waals surface area contributed by atoms with Gasteiger partial charge in [0.2, 0.25) is 0 Å². The fourth-order valence-corrected chi connectivity index (χ4v) is 3.26. The summed E-state index contributed by atoms with van der Waals surface area (Å²) in [5, 5.41) is 20.6. The van der Waals surface area contributed by atoms with E-state index in [1.54, 1.807) is 61.5 Å². The van der Waals surface area contributed by atoms with Crippen LogP contribution >= 0.6 is 0 Å². The number of rotatable bonds is 5. The van der Waals surface area contributed by atoms with E-state index in [-0.39, 0.29) is 17.9 Å². The molecule has 1 heterocycles. The van der Waals surface area contributed by atoms with Crippen molar-refractivity contribution in [2.75, 3.05) is 13.7 Å². The van der Waals surface area contributed by atoms with Gasteiger partial charge in [-0.3, -0.25) is 9.59 Å². The first-order valence-electron chi connectivity index (χ1n) is 8.60. The van der Waals surface area contributed by atoms with Gasteiger partial charge in [0.25, 0.3) is 11.7 Å². The Labute approximate surface area is 157 Å². The minimum absolute atomic E-state index is 0.0000954. The predicted octanol–water partition coefficient (Wildman–Crippen LogP) is 2.50. The standard InChI is InChI=1S/C21H21NO5/c1-13(23)12-22-18(15-9-6-10-16(11-15)27-2)17(20(25)21(22)26)19(24)14-7-4-3-5-8-14/h3-11,13,18,23-24H,12H2,1-2H3/t13-,18-/m1/s1. The Bertz CT molecular complexity index is 888. The molecule has 3 rings (SSSR count). The van der Waals surface area contributed by atoms with Crippen LogP contribution in [0.4, 0.5) is 0 Å². The predicted molar refractivity (Wildman–Crippen MR) is 100 cm³/mol. The quantitative estimate of drug-likeness (QED) is 0.482. The highest BCUT2D eigenvalue weighted by atomic mass is 16.5. The van der Waals surface area contributed by atoms with Crippen LogP contribution in [0, 0.1) is 0 Å². The summed E-state index contributed by atoms with van der Waals surface area (Å²) in [5.74, 6) is -1.20. The van der Waals surface area contributed by atoms with Crippen LogP contribution in [0.25, 0.3) is 5.76 Å². The maximum Gasteiger partial charge on any atom is 0.295 e. The van der Waals surface area contributed by atoms with E-state index in [9.17, 15) is 19.8 Å². The van der Waals surface area contributed by atoms with Crippen molar-refractivity contribution < 1.29 is 24.5 Å². The Morgan fingerprint density at radius 1 is 1.15 bits per heavy atom. The van der Waals surface area contributed by atoms with Crippen LogP contribution in [0.15, 0.2) is 60.2 Å². The average Bonchev–Trinajstić information content (AvgIpc) is 2.92. The summed E-state index contributed by atoms with van der Waals surface area (Å²) in [6, 6.07) is 14.8. The summed E-state index contributed by atoms with van der Waals surface area (Å²) < 4.78 is 5.25. The number of aliphatic hydroxyl groups is 2. The third kappa shape index (κ3) is 3.57. The van der Waals surface area contributed by atoms with Gasteiger partial charge in [-0.05, 0) is 24.6 Å². The van der Waals surface area contributed by atoms with Crippen LogP contribution in [-0.2, 0) is 9.59 Å². The van der Waals surface area contributed by atoms with Gasteiger partial charge in [-0.15, -0.1) is 0 Å². The number of methoxy groups -OCH3 is 1. The molecule has 1 aliphatic rings. The smallest absolute Gasteiger partial charge is 0.295 e. The first-order chi connectivity index (χ1) is 12.9. The molecule has 0 unspecified atom stereocenters. The maximum absolute atomic E-state index is 12.7. The number of likely N-dealkylation sites (tertiary alicyclic amines) is 1. The lowest BCUT2D eigenvalue weighted by molar-refractivity contribution is -0.140. The summed E-state index contributed by atoms with van der Waals surface area (Å²) in [5.41, 5.74) is 1.06. The molecule has 2 atom stereocenters. The van der Waals surface area contributed by atoms with E-state index in [2.05, 4.69) is 0 Å². The molecule has 1 saturated heterocycles. The van der Waals surface area contributed by atoms with Gasteiger partial charge in [0.15, 0.2) is 0 Å². The second kappa shape index (κ2) is 7.63. The maximum atomic E-state index is 12.7. The lowest BCUT2D eigenvalue weighted by Crippen LogP contribution is -2.35. The van der Waals surface area contributed by atoms with Crippen molar-refractivity contribution in [3.8, 4) is 5.75 Å². The zero-order valence-electron chi connectivity index (χ0n) is 15.1. The van der Waals surface area contributed by atoms with Gasteiger partial charge in [0.05, 0.1) is 24.8 Å². The molecule has 27 heavy (non-hydrogen) atoms. The molecule has 2 aromatic rings. The molecule has 0 bridgehead atoms. The first kappa shape index (κ1) is 18.7. The Morgan fingerprint density at radius 3 is 2.48 bits per heavy atom. The fraction of sp³-hybridized carbons (Fsp3) is 0.238. The number of Topliss-reactive ketones (excluding diaryl/α,β-unsaturated/α-hetero) is 1. The molecule has 2 N–H and O–H groups in total. The fourth-order valence-electron chi connectivity index (χ4n) is 3.26. The number of carbonyl (C=O) groups excluding carboxylic acids is 2. The summed E-state index contributed by atoms with van der Waals surface area (Å²) in [7, 11) is 1.52. The van der Waals surface area contributed by atoms with Crippen LogP contribution in [0.5, 0.6) is 5.75 Å². The topological polar surface area (TPSA) is 87.1 Å². The number of amides is 1. The molecular weight excluding hydrogens is 346 g/mol. The summed E-state index contributed by atoms with van der Waals surface area (Å²) in [4.78, 5) is 26.6.